The van der Waals surface area contributed by atoms with Crippen molar-refractivity contribution in [3.63, 3.8) is 0 Å². The molecular formula is C17H22BrNO2. The molecule has 1 fully saturated rings. The van der Waals surface area contributed by atoms with Crippen LogP contribution in [0.4, 0.5) is 0 Å². The smallest absolute Gasteiger partial charge is 0.244 e. The minimum Gasteiger partial charge on any atom is -0.388 e. The molecule has 4 heteroatoms. The molecule has 0 heterocycles. The van der Waals surface area contributed by atoms with E-state index in [0.717, 1.165) is 35.7 Å². The Morgan fingerprint density at radius 3 is 2.62 bits per heavy atom. The average molecular weight is 352 g/mol. The number of aliphatic hydroxyl groups is 1. The quantitative estimate of drug-likeness (QED) is 0.815. The van der Waals surface area contributed by atoms with Gasteiger partial charge in [-0.15, -0.1) is 0 Å². The van der Waals surface area contributed by atoms with E-state index in [-0.39, 0.29) is 5.91 Å². The van der Waals surface area contributed by atoms with Gasteiger partial charge in [-0.3, -0.25) is 4.79 Å². The first-order valence-corrected chi connectivity index (χ1v) is 8.20. The van der Waals surface area contributed by atoms with E-state index in [1.165, 1.54) is 6.08 Å². The first-order chi connectivity index (χ1) is 9.97. The number of hydrogen-bond acceptors (Lipinski definition) is 2. The van der Waals surface area contributed by atoms with Crippen LogP contribution in [0, 0.1) is 5.92 Å². The van der Waals surface area contributed by atoms with Gasteiger partial charge in [0.05, 0.1) is 5.60 Å². The van der Waals surface area contributed by atoms with Crippen molar-refractivity contribution in [2.24, 2.45) is 5.92 Å². The Bertz CT molecular complexity index is 502. The molecule has 1 aromatic rings. The molecular weight excluding hydrogens is 330 g/mol. The van der Waals surface area contributed by atoms with Gasteiger partial charge in [-0.1, -0.05) is 35.0 Å². The second kappa shape index (κ2) is 7.23. The highest BCUT2D eigenvalue weighted by Crippen LogP contribution is 2.31. The molecule has 1 aliphatic rings. The highest BCUT2D eigenvalue weighted by atomic mass is 79.9. The van der Waals surface area contributed by atoms with E-state index in [1.54, 1.807) is 6.08 Å². The zero-order valence-electron chi connectivity index (χ0n) is 12.3. The summed E-state index contributed by atoms with van der Waals surface area (Å²) in [5.74, 6) is 0.517. The van der Waals surface area contributed by atoms with E-state index >= 15 is 0 Å². The molecule has 1 amide bonds. The lowest BCUT2D eigenvalue weighted by atomic mass is 9.79. The van der Waals surface area contributed by atoms with Gasteiger partial charge in [-0.05, 0) is 55.4 Å². The fraction of sp³-hybridized carbons (Fsp3) is 0.471. The van der Waals surface area contributed by atoms with Crippen molar-refractivity contribution in [1.29, 1.82) is 0 Å². The highest BCUT2D eigenvalue weighted by molar-refractivity contribution is 9.10. The van der Waals surface area contributed by atoms with Crippen molar-refractivity contribution < 1.29 is 9.90 Å². The molecule has 1 aromatic carbocycles. The Balaban J connectivity index is 1.80. The van der Waals surface area contributed by atoms with Crippen LogP contribution in [0.1, 0.15) is 38.2 Å². The molecule has 0 unspecified atom stereocenters. The van der Waals surface area contributed by atoms with E-state index in [0.29, 0.717) is 12.5 Å². The summed E-state index contributed by atoms with van der Waals surface area (Å²) in [7, 11) is 0. The van der Waals surface area contributed by atoms with Crippen LogP contribution in [-0.4, -0.2) is 23.2 Å². The summed E-state index contributed by atoms with van der Waals surface area (Å²) >= 11 is 3.37. The van der Waals surface area contributed by atoms with Crippen LogP contribution in [0.15, 0.2) is 34.8 Å². The van der Waals surface area contributed by atoms with Gasteiger partial charge in [0.1, 0.15) is 0 Å². The predicted octanol–water partition coefficient (Wildman–Crippen LogP) is 3.52. The van der Waals surface area contributed by atoms with Gasteiger partial charge in [0.2, 0.25) is 5.91 Å². The SMILES string of the molecule is CC1CCC(O)(CNC(=O)C=Cc2ccc(Br)cc2)CC1. The van der Waals surface area contributed by atoms with Gasteiger partial charge in [0.25, 0.3) is 0 Å². The van der Waals surface area contributed by atoms with Crippen molar-refractivity contribution >= 4 is 27.9 Å². The molecule has 0 aliphatic heterocycles. The number of benzene rings is 1. The third-order valence-corrected chi connectivity index (χ3v) is 4.62. The molecule has 0 saturated heterocycles. The van der Waals surface area contributed by atoms with Gasteiger partial charge in [0.15, 0.2) is 0 Å². The van der Waals surface area contributed by atoms with Crippen molar-refractivity contribution in [2.75, 3.05) is 6.54 Å². The number of amides is 1. The standard InChI is InChI=1S/C17H22BrNO2/c1-13-8-10-17(21,11-9-13)12-19-16(20)7-4-14-2-5-15(18)6-3-14/h2-7,13,21H,8-12H2,1H3,(H,19,20). The molecule has 2 rings (SSSR count). The third kappa shape index (κ3) is 5.29. The number of nitrogens with one attached hydrogen (secondary N) is 1. The van der Waals surface area contributed by atoms with Crippen molar-refractivity contribution in [3.05, 3.63) is 40.4 Å². The zero-order chi connectivity index (χ0) is 15.3. The summed E-state index contributed by atoms with van der Waals surface area (Å²) in [5.41, 5.74) is 0.242. The number of rotatable bonds is 4. The monoisotopic (exact) mass is 351 g/mol. The summed E-state index contributed by atoms with van der Waals surface area (Å²) < 4.78 is 1.01. The third-order valence-electron chi connectivity index (χ3n) is 4.09. The molecule has 0 bridgehead atoms. The molecule has 1 saturated carbocycles. The van der Waals surface area contributed by atoms with Crippen LogP contribution in [0.2, 0.25) is 0 Å². The number of halogens is 1. The van der Waals surface area contributed by atoms with E-state index in [9.17, 15) is 9.90 Å². The summed E-state index contributed by atoms with van der Waals surface area (Å²) in [5, 5.41) is 13.2. The Hall–Kier alpha value is -1.13. The summed E-state index contributed by atoms with van der Waals surface area (Å²) in [6, 6.07) is 7.74. The molecule has 3 nitrogen and oxygen atoms in total. The molecule has 0 spiro atoms. The lowest BCUT2D eigenvalue weighted by molar-refractivity contribution is -0.118. The van der Waals surface area contributed by atoms with Gasteiger partial charge in [-0.25, -0.2) is 0 Å². The number of hydrogen-bond donors (Lipinski definition) is 2. The molecule has 0 radical (unpaired) electrons. The van der Waals surface area contributed by atoms with Gasteiger partial charge in [-0.2, -0.15) is 0 Å². The lowest BCUT2D eigenvalue weighted by Crippen LogP contribution is -2.44. The van der Waals surface area contributed by atoms with Crippen LogP contribution in [-0.2, 0) is 4.79 Å². The van der Waals surface area contributed by atoms with E-state index in [1.807, 2.05) is 24.3 Å². The predicted molar refractivity (Wildman–Crippen MR) is 88.8 cm³/mol. The van der Waals surface area contributed by atoms with Crippen LogP contribution in [0.25, 0.3) is 6.08 Å². The second-order valence-corrected chi connectivity index (χ2v) is 6.93. The maximum Gasteiger partial charge on any atom is 0.244 e. The fourth-order valence-corrected chi connectivity index (χ4v) is 2.80. The van der Waals surface area contributed by atoms with Crippen molar-refractivity contribution in [1.82, 2.24) is 5.32 Å². The van der Waals surface area contributed by atoms with Gasteiger partial charge >= 0.3 is 0 Å². The fourth-order valence-electron chi connectivity index (χ4n) is 2.53. The summed E-state index contributed by atoms with van der Waals surface area (Å²) in [6.07, 6.45) is 6.88. The number of carbonyl (C=O) groups is 1. The number of carbonyl (C=O) groups excluding carboxylic acids is 1. The topological polar surface area (TPSA) is 49.3 Å². The highest BCUT2D eigenvalue weighted by Gasteiger charge is 2.31. The molecule has 21 heavy (non-hydrogen) atoms. The van der Waals surface area contributed by atoms with Crippen molar-refractivity contribution in [3.8, 4) is 0 Å². The Labute approximate surface area is 134 Å². The Morgan fingerprint density at radius 2 is 2.00 bits per heavy atom. The minimum atomic E-state index is -0.729. The Kier molecular flexibility index (Phi) is 5.59. The molecule has 2 N–H and O–H groups in total. The molecule has 0 aromatic heterocycles. The maximum atomic E-state index is 11.8. The van der Waals surface area contributed by atoms with Gasteiger partial charge in [0, 0.05) is 17.1 Å². The minimum absolute atomic E-state index is 0.162. The lowest BCUT2D eigenvalue weighted by Gasteiger charge is -2.34. The summed E-state index contributed by atoms with van der Waals surface area (Å²) in [6.45, 7) is 2.54. The van der Waals surface area contributed by atoms with E-state index in [2.05, 4.69) is 28.2 Å². The first kappa shape index (κ1) is 16.2. The van der Waals surface area contributed by atoms with E-state index in [4.69, 9.17) is 0 Å². The van der Waals surface area contributed by atoms with Crippen molar-refractivity contribution in [2.45, 2.75) is 38.2 Å². The maximum absolute atomic E-state index is 11.8. The summed E-state index contributed by atoms with van der Waals surface area (Å²) in [4.78, 5) is 11.8. The van der Waals surface area contributed by atoms with Crippen LogP contribution < -0.4 is 5.32 Å². The molecule has 114 valence electrons. The molecule has 1 aliphatic carbocycles. The second-order valence-electron chi connectivity index (χ2n) is 6.01. The van der Waals surface area contributed by atoms with Gasteiger partial charge < -0.3 is 10.4 Å². The van der Waals surface area contributed by atoms with Crippen LogP contribution >= 0.6 is 15.9 Å². The molecule has 0 atom stereocenters. The first-order valence-electron chi connectivity index (χ1n) is 7.41. The van der Waals surface area contributed by atoms with Crippen LogP contribution in [0.5, 0.6) is 0 Å². The zero-order valence-corrected chi connectivity index (χ0v) is 13.9. The van der Waals surface area contributed by atoms with Crippen LogP contribution in [0.3, 0.4) is 0 Å². The normalized spacial score (nSPS) is 26.0. The Morgan fingerprint density at radius 1 is 1.38 bits per heavy atom. The van der Waals surface area contributed by atoms with E-state index < -0.39 is 5.60 Å². The average Bonchev–Trinajstić information content (AvgIpc) is 2.48. The largest absolute Gasteiger partial charge is 0.388 e.